The van der Waals surface area contributed by atoms with Gasteiger partial charge in [-0.05, 0) is 72.6 Å². The van der Waals surface area contributed by atoms with Crippen LogP contribution in [0.4, 0.5) is 0 Å². The Morgan fingerprint density at radius 2 is 2.00 bits per heavy atom. The van der Waals surface area contributed by atoms with Gasteiger partial charge in [-0.25, -0.2) is 0 Å². The van der Waals surface area contributed by atoms with Crippen molar-refractivity contribution >= 4 is 5.96 Å². The third-order valence-electron chi connectivity index (χ3n) is 5.33. The lowest BCUT2D eigenvalue weighted by molar-refractivity contribution is 0.166. The molecule has 0 amide bonds. The minimum Gasteiger partial charge on any atom is -0.357 e. The first-order chi connectivity index (χ1) is 12.1. The molecule has 2 N–H and O–H groups in total. The Kier molecular flexibility index (Phi) is 11.9. The third kappa shape index (κ3) is 9.45. The second-order valence-corrected chi connectivity index (χ2v) is 7.36. The standard InChI is InChI=1S/C20H43N5/c1-6-21-20(22-14-17-25-16-10-9-13-19(25)5)23-18(4)12-11-15-24(7-2)8-3/h18-19H,6-17H2,1-5H3,(H2,21,22,23). The number of hydrogen-bond donors (Lipinski definition) is 2. The van der Waals surface area contributed by atoms with Crippen LogP contribution in [0.3, 0.4) is 0 Å². The highest BCUT2D eigenvalue weighted by Crippen LogP contribution is 2.15. The summed E-state index contributed by atoms with van der Waals surface area (Å²) in [5.41, 5.74) is 0. The summed E-state index contributed by atoms with van der Waals surface area (Å²) in [5, 5.41) is 6.97. The Labute approximate surface area is 156 Å². The van der Waals surface area contributed by atoms with Gasteiger partial charge in [0.25, 0.3) is 0 Å². The quantitative estimate of drug-likeness (QED) is 0.443. The van der Waals surface area contributed by atoms with Gasteiger partial charge in [-0.2, -0.15) is 0 Å². The van der Waals surface area contributed by atoms with Gasteiger partial charge < -0.3 is 15.5 Å². The highest BCUT2D eigenvalue weighted by atomic mass is 15.2. The van der Waals surface area contributed by atoms with Crippen LogP contribution >= 0.6 is 0 Å². The molecule has 148 valence electrons. The van der Waals surface area contributed by atoms with Crippen molar-refractivity contribution in [3.8, 4) is 0 Å². The molecule has 1 aliphatic rings. The number of aliphatic imine (C=N–C) groups is 1. The van der Waals surface area contributed by atoms with Crippen LogP contribution in [0.15, 0.2) is 4.99 Å². The fraction of sp³-hybridized carbons (Fsp3) is 0.950. The molecule has 1 saturated heterocycles. The molecule has 1 aliphatic heterocycles. The number of nitrogens with one attached hydrogen (secondary N) is 2. The molecule has 0 aromatic carbocycles. The fourth-order valence-electron chi connectivity index (χ4n) is 3.57. The first-order valence-corrected chi connectivity index (χ1v) is 10.6. The molecule has 2 unspecified atom stereocenters. The first kappa shape index (κ1) is 22.2. The van der Waals surface area contributed by atoms with E-state index in [1.165, 1.54) is 45.2 Å². The van der Waals surface area contributed by atoms with Crippen molar-refractivity contribution in [3.05, 3.63) is 0 Å². The maximum Gasteiger partial charge on any atom is 0.191 e. The largest absolute Gasteiger partial charge is 0.357 e. The number of likely N-dealkylation sites (tertiary alicyclic amines) is 1. The highest BCUT2D eigenvalue weighted by Gasteiger charge is 2.17. The molecule has 0 bridgehead atoms. The first-order valence-electron chi connectivity index (χ1n) is 10.6. The molecule has 25 heavy (non-hydrogen) atoms. The summed E-state index contributed by atoms with van der Waals surface area (Å²) in [7, 11) is 0. The molecule has 0 radical (unpaired) electrons. The maximum atomic E-state index is 4.80. The molecule has 0 aliphatic carbocycles. The second-order valence-electron chi connectivity index (χ2n) is 7.36. The molecule has 0 aromatic heterocycles. The molecule has 2 atom stereocenters. The maximum absolute atomic E-state index is 4.80. The number of nitrogens with zero attached hydrogens (tertiary/aromatic N) is 3. The van der Waals surface area contributed by atoms with Gasteiger partial charge in [0.2, 0.25) is 0 Å². The predicted octanol–water partition coefficient (Wildman–Crippen LogP) is 2.93. The zero-order valence-electron chi connectivity index (χ0n) is 17.5. The average molecular weight is 354 g/mol. The van der Waals surface area contributed by atoms with Crippen molar-refractivity contribution in [1.29, 1.82) is 0 Å². The smallest absolute Gasteiger partial charge is 0.191 e. The van der Waals surface area contributed by atoms with Crippen LogP contribution in [0.25, 0.3) is 0 Å². The van der Waals surface area contributed by atoms with E-state index in [-0.39, 0.29) is 0 Å². The van der Waals surface area contributed by atoms with E-state index in [2.05, 4.69) is 55.1 Å². The lowest BCUT2D eigenvalue weighted by Crippen LogP contribution is -2.43. The van der Waals surface area contributed by atoms with Gasteiger partial charge in [-0.3, -0.25) is 9.89 Å². The Morgan fingerprint density at radius 3 is 2.64 bits per heavy atom. The summed E-state index contributed by atoms with van der Waals surface area (Å²) in [6, 6.07) is 1.18. The van der Waals surface area contributed by atoms with Gasteiger partial charge in [0, 0.05) is 25.2 Å². The van der Waals surface area contributed by atoms with Crippen LogP contribution in [0.1, 0.15) is 66.7 Å². The summed E-state index contributed by atoms with van der Waals surface area (Å²) in [5.74, 6) is 0.975. The van der Waals surface area contributed by atoms with E-state index in [1.807, 2.05) is 0 Å². The fourth-order valence-corrected chi connectivity index (χ4v) is 3.57. The molecule has 0 saturated carbocycles. The monoisotopic (exact) mass is 353 g/mol. The number of rotatable bonds is 11. The van der Waals surface area contributed by atoms with E-state index in [0.717, 1.165) is 44.7 Å². The summed E-state index contributed by atoms with van der Waals surface area (Å²) in [4.78, 5) is 9.88. The highest BCUT2D eigenvalue weighted by molar-refractivity contribution is 5.80. The van der Waals surface area contributed by atoms with E-state index >= 15 is 0 Å². The van der Waals surface area contributed by atoms with E-state index in [4.69, 9.17) is 4.99 Å². The Balaban J connectivity index is 2.33. The Hall–Kier alpha value is -0.810. The van der Waals surface area contributed by atoms with Crippen molar-refractivity contribution in [3.63, 3.8) is 0 Å². The van der Waals surface area contributed by atoms with Crippen LogP contribution < -0.4 is 10.6 Å². The molecule has 1 heterocycles. The SMILES string of the molecule is CCNC(=NCCN1CCCCC1C)NC(C)CCCN(CC)CC. The molecular weight excluding hydrogens is 310 g/mol. The molecule has 1 rings (SSSR count). The van der Waals surface area contributed by atoms with Gasteiger partial charge in [-0.1, -0.05) is 20.3 Å². The Bertz CT molecular complexity index is 354. The van der Waals surface area contributed by atoms with Crippen molar-refractivity contribution in [2.45, 2.75) is 78.8 Å². The summed E-state index contributed by atoms with van der Waals surface area (Å²) in [6.07, 6.45) is 6.49. The van der Waals surface area contributed by atoms with E-state index in [9.17, 15) is 0 Å². The van der Waals surface area contributed by atoms with Gasteiger partial charge >= 0.3 is 0 Å². The second kappa shape index (κ2) is 13.4. The van der Waals surface area contributed by atoms with Crippen LogP contribution in [-0.2, 0) is 0 Å². The van der Waals surface area contributed by atoms with Crippen molar-refractivity contribution < 1.29 is 0 Å². The zero-order valence-corrected chi connectivity index (χ0v) is 17.5. The van der Waals surface area contributed by atoms with Gasteiger partial charge in [0.1, 0.15) is 0 Å². The van der Waals surface area contributed by atoms with Crippen molar-refractivity contribution in [1.82, 2.24) is 20.4 Å². The van der Waals surface area contributed by atoms with Gasteiger partial charge in [0.05, 0.1) is 6.54 Å². The zero-order chi connectivity index (χ0) is 18.5. The van der Waals surface area contributed by atoms with Crippen molar-refractivity contribution in [2.24, 2.45) is 4.99 Å². The third-order valence-corrected chi connectivity index (χ3v) is 5.33. The minimum absolute atomic E-state index is 0.460. The number of piperidine rings is 1. The lowest BCUT2D eigenvalue weighted by Gasteiger charge is -2.32. The molecule has 5 nitrogen and oxygen atoms in total. The van der Waals surface area contributed by atoms with Gasteiger partial charge in [0.15, 0.2) is 5.96 Å². The van der Waals surface area contributed by atoms with E-state index in [1.54, 1.807) is 0 Å². The summed E-state index contributed by atoms with van der Waals surface area (Å²) in [6.45, 7) is 18.8. The van der Waals surface area contributed by atoms with Gasteiger partial charge in [-0.15, -0.1) is 0 Å². The topological polar surface area (TPSA) is 42.9 Å². The number of guanidine groups is 1. The number of hydrogen-bond acceptors (Lipinski definition) is 3. The molecule has 1 fully saturated rings. The molecule has 0 spiro atoms. The van der Waals surface area contributed by atoms with E-state index in [0.29, 0.717) is 6.04 Å². The van der Waals surface area contributed by atoms with Crippen LogP contribution in [0, 0.1) is 0 Å². The van der Waals surface area contributed by atoms with Crippen molar-refractivity contribution in [2.75, 3.05) is 45.8 Å². The van der Waals surface area contributed by atoms with E-state index < -0.39 is 0 Å². The van der Waals surface area contributed by atoms with Crippen LogP contribution in [-0.4, -0.2) is 73.7 Å². The molecule has 5 heteroatoms. The normalized spacial score (nSPS) is 20.7. The average Bonchev–Trinajstić information content (AvgIpc) is 2.60. The summed E-state index contributed by atoms with van der Waals surface area (Å²) >= 11 is 0. The molecular formula is C20H43N5. The van der Waals surface area contributed by atoms with Crippen LogP contribution in [0.5, 0.6) is 0 Å². The Morgan fingerprint density at radius 1 is 1.24 bits per heavy atom. The lowest BCUT2D eigenvalue weighted by atomic mass is 10.0. The molecule has 0 aromatic rings. The van der Waals surface area contributed by atoms with Crippen LogP contribution in [0.2, 0.25) is 0 Å². The minimum atomic E-state index is 0.460. The predicted molar refractivity (Wildman–Crippen MR) is 110 cm³/mol. The summed E-state index contributed by atoms with van der Waals surface area (Å²) < 4.78 is 0.